The maximum Gasteiger partial charge on any atom is 0.236 e. The summed E-state index contributed by atoms with van der Waals surface area (Å²) in [4.78, 5) is 27.3. The first-order valence-electron chi connectivity index (χ1n) is 6.69. The van der Waals surface area contributed by atoms with Crippen LogP contribution in [0, 0.1) is 5.41 Å². The smallest absolute Gasteiger partial charge is 0.236 e. The van der Waals surface area contributed by atoms with Crippen LogP contribution in [0.2, 0.25) is 0 Å². The van der Waals surface area contributed by atoms with Crippen molar-refractivity contribution in [2.75, 3.05) is 0 Å². The van der Waals surface area contributed by atoms with Crippen molar-refractivity contribution in [3.8, 4) is 0 Å². The van der Waals surface area contributed by atoms with Crippen LogP contribution in [0.5, 0.6) is 0 Å². The number of amides is 2. The van der Waals surface area contributed by atoms with E-state index in [2.05, 4.69) is 15.9 Å². The highest BCUT2D eigenvalue weighted by Crippen LogP contribution is 2.46. The first kappa shape index (κ1) is 13.3. The second-order valence-corrected chi connectivity index (χ2v) is 7.35. The van der Waals surface area contributed by atoms with E-state index in [0.29, 0.717) is 13.0 Å². The molecule has 1 spiro atoms. The van der Waals surface area contributed by atoms with Gasteiger partial charge in [-0.15, -0.1) is 11.3 Å². The van der Waals surface area contributed by atoms with E-state index < -0.39 is 0 Å². The van der Waals surface area contributed by atoms with Gasteiger partial charge in [-0.1, -0.05) is 19.3 Å². The molecule has 2 amide bonds. The summed E-state index contributed by atoms with van der Waals surface area (Å²) in [6.45, 7) is 0.428. The van der Waals surface area contributed by atoms with Gasteiger partial charge in [0.25, 0.3) is 0 Å². The highest BCUT2D eigenvalue weighted by atomic mass is 79.9. The lowest BCUT2D eigenvalue weighted by Crippen LogP contribution is -2.36. The van der Waals surface area contributed by atoms with Crippen LogP contribution < -0.4 is 0 Å². The van der Waals surface area contributed by atoms with Gasteiger partial charge in [-0.25, -0.2) is 0 Å². The standard InChI is InChI=1S/C14H16BrNO2S/c15-10-4-7-19-11(10)9-16-12(17)8-14(13(16)18)5-2-1-3-6-14/h4,7H,1-3,5-6,8-9H2. The quantitative estimate of drug-likeness (QED) is 0.768. The fourth-order valence-electron chi connectivity index (χ4n) is 3.22. The van der Waals surface area contributed by atoms with Gasteiger partial charge in [0.15, 0.2) is 0 Å². The fourth-order valence-corrected chi connectivity index (χ4v) is 4.69. The SMILES string of the molecule is O=C1CC2(CCCCC2)C(=O)N1Cc1sccc1Br. The molecule has 2 aliphatic rings. The molecule has 0 unspecified atom stereocenters. The Morgan fingerprint density at radius 3 is 2.63 bits per heavy atom. The van der Waals surface area contributed by atoms with Gasteiger partial charge in [0, 0.05) is 15.8 Å². The molecule has 1 saturated heterocycles. The third-order valence-electron chi connectivity index (χ3n) is 4.29. The zero-order chi connectivity index (χ0) is 13.5. The zero-order valence-electron chi connectivity index (χ0n) is 10.7. The van der Waals surface area contributed by atoms with Crippen LogP contribution in [0.25, 0.3) is 0 Å². The highest BCUT2D eigenvalue weighted by Gasteiger charge is 2.51. The summed E-state index contributed by atoms with van der Waals surface area (Å²) in [7, 11) is 0. The number of likely N-dealkylation sites (tertiary alicyclic amines) is 1. The second-order valence-electron chi connectivity index (χ2n) is 5.49. The van der Waals surface area contributed by atoms with Crippen molar-refractivity contribution in [3.05, 3.63) is 20.8 Å². The van der Waals surface area contributed by atoms with Gasteiger partial charge in [0.05, 0.1) is 12.0 Å². The lowest BCUT2D eigenvalue weighted by molar-refractivity contribution is -0.142. The van der Waals surface area contributed by atoms with Crippen LogP contribution in [0.1, 0.15) is 43.4 Å². The molecular formula is C14H16BrNO2S. The Labute approximate surface area is 125 Å². The van der Waals surface area contributed by atoms with E-state index in [9.17, 15) is 9.59 Å². The maximum absolute atomic E-state index is 12.6. The molecule has 1 aliphatic carbocycles. The first-order valence-corrected chi connectivity index (χ1v) is 8.36. The van der Waals surface area contributed by atoms with Gasteiger partial charge in [0.2, 0.25) is 11.8 Å². The van der Waals surface area contributed by atoms with Crippen LogP contribution in [0.3, 0.4) is 0 Å². The van der Waals surface area contributed by atoms with Gasteiger partial charge >= 0.3 is 0 Å². The van der Waals surface area contributed by atoms with Gasteiger partial charge in [-0.3, -0.25) is 14.5 Å². The minimum atomic E-state index is -0.362. The molecule has 3 rings (SSSR count). The molecule has 2 fully saturated rings. The Hall–Kier alpha value is -0.680. The summed E-state index contributed by atoms with van der Waals surface area (Å²) in [6, 6.07) is 1.96. The Balaban J connectivity index is 1.81. The predicted octanol–water partition coefficient (Wildman–Crippen LogP) is 3.72. The average molecular weight is 342 g/mol. The van der Waals surface area contributed by atoms with E-state index in [4.69, 9.17) is 0 Å². The van der Waals surface area contributed by atoms with E-state index in [1.54, 1.807) is 11.3 Å². The van der Waals surface area contributed by atoms with Gasteiger partial charge in [0.1, 0.15) is 0 Å². The van der Waals surface area contributed by atoms with Crippen molar-refractivity contribution in [1.82, 2.24) is 4.90 Å². The second kappa shape index (κ2) is 5.02. The van der Waals surface area contributed by atoms with Crippen LogP contribution in [-0.4, -0.2) is 16.7 Å². The Kier molecular flexibility index (Phi) is 3.52. The lowest BCUT2D eigenvalue weighted by Gasteiger charge is -2.30. The molecule has 1 saturated carbocycles. The first-order chi connectivity index (χ1) is 9.12. The number of rotatable bonds is 2. The van der Waals surface area contributed by atoms with Crippen LogP contribution in [0.4, 0.5) is 0 Å². The van der Waals surface area contributed by atoms with Crippen LogP contribution >= 0.6 is 27.3 Å². The van der Waals surface area contributed by atoms with Gasteiger partial charge < -0.3 is 0 Å². The molecule has 1 aliphatic heterocycles. The van der Waals surface area contributed by atoms with E-state index in [-0.39, 0.29) is 17.2 Å². The van der Waals surface area contributed by atoms with E-state index in [1.165, 1.54) is 11.3 Å². The number of thiophene rings is 1. The maximum atomic E-state index is 12.6. The molecule has 0 bridgehead atoms. The molecule has 1 aromatic rings. The molecule has 2 heterocycles. The number of hydrogen-bond donors (Lipinski definition) is 0. The minimum Gasteiger partial charge on any atom is -0.277 e. The average Bonchev–Trinajstić information content (AvgIpc) is 2.89. The molecular weight excluding hydrogens is 326 g/mol. The normalized spacial score (nSPS) is 22.5. The third-order valence-corrected chi connectivity index (χ3v) is 6.20. The molecule has 1 aromatic heterocycles. The highest BCUT2D eigenvalue weighted by molar-refractivity contribution is 9.10. The third kappa shape index (κ3) is 2.27. The summed E-state index contributed by atoms with van der Waals surface area (Å²) in [5, 5.41) is 1.97. The number of halogens is 1. The van der Waals surface area contributed by atoms with Crippen molar-refractivity contribution < 1.29 is 9.59 Å². The zero-order valence-corrected chi connectivity index (χ0v) is 13.1. The molecule has 19 heavy (non-hydrogen) atoms. The van der Waals surface area contributed by atoms with E-state index in [0.717, 1.165) is 35.0 Å². The fraction of sp³-hybridized carbons (Fsp3) is 0.571. The van der Waals surface area contributed by atoms with Crippen LogP contribution in [-0.2, 0) is 16.1 Å². The Morgan fingerprint density at radius 2 is 2.00 bits per heavy atom. The number of imide groups is 1. The Morgan fingerprint density at radius 1 is 1.26 bits per heavy atom. The Bertz CT molecular complexity index is 519. The number of nitrogens with zero attached hydrogens (tertiary/aromatic N) is 1. The number of carbonyl (C=O) groups is 2. The summed E-state index contributed by atoms with van der Waals surface area (Å²) >= 11 is 5.04. The largest absolute Gasteiger partial charge is 0.277 e. The molecule has 0 aromatic carbocycles. The summed E-state index contributed by atoms with van der Waals surface area (Å²) in [5.41, 5.74) is -0.362. The molecule has 0 radical (unpaired) electrons. The summed E-state index contributed by atoms with van der Waals surface area (Å²) in [5.74, 6) is 0.0738. The van der Waals surface area contributed by atoms with Crippen molar-refractivity contribution >= 4 is 39.1 Å². The lowest BCUT2D eigenvalue weighted by atomic mass is 9.73. The van der Waals surface area contributed by atoms with Crippen molar-refractivity contribution in [1.29, 1.82) is 0 Å². The van der Waals surface area contributed by atoms with E-state index in [1.807, 2.05) is 11.4 Å². The predicted molar refractivity (Wildman–Crippen MR) is 77.7 cm³/mol. The molecule has 5 heteroatoms. The van der Waals surface area contributed by atoms with E-state index >= 15 is 0 Å². The summed E-state index contributed by atoms with van der Waals surface area (Å²) < 4.78 is 0.989. The van der Waals surface area contributed by atoms with Gasteiger partial charge in [-0.05, 0) is 40.2 Å². The minimum absolute atomic E-state index is 0.00667. The van der Waals surface area contributed by atoms with Crippen molar-refractivity contribution in [2.24, 2.45) is 5.41 Å². The van der Waals surface area contributed by atoms with Crippen molar-refractivity contribution in [2.45, 2.75) is 45.1 Å². The summed E-state index contributed by atoms with van der Waals surface area (Å²) in [6.07, 6.45) is 5.55. The topological polar surface area (TPSA) is 37.4 Å². The number of hydrogen-bond acceptors (Lipinski definition) is 3. The van der Waals surface area contributed by atoms with Crippen molar-refractivity contribution in [3.63, 3.8) is 0 Å². The molecule has 3 nitrogen and oxygen atoms in total. The van der Waals surface area contributed by atoms with Crippen LogP contribution in [0.15, 0.2) is 15.9 Å². The number of carbonyl (C=O) groups excluding carboxylic acids is 2. The van der Waals surface area contributed by atoms with Gasteiger partial charge in [-0.2, -0.15) is 0 Å². The molecule has 0 atom stereocenters. The molecule has 102 valence electrons. The monoisotopic (exact) mass is 341 g/mol. The molecule has 0 N–H and O–H groups in total.